The van der Waals surface area contributed by atoms with Gasteiger partial charge in [-0.25, -0.2) is 0 Å². The molecule has 0 aromatic heterocycles. The molecule has 1 aromatic carbocycles. The summed E-state index contributed by atoms with van der Waals surface area (Å²) >= 11 is 0. The maximum atomic E-state index is 9.59. The third-order valence-corrected chi connectivity index (χ3v) is 3.39. The molecule has 106 valence electrons. The summed E-state index contributed by atoms with van der Waals surface area (Å²) in [6.45, 7) is 4.26. The van der Waals surface area contributed by atoms with Crippen LogP contribution in [0.15, 0.2) is 24.3 Å². The lowest BCUT2D eigenvalue weighted by Gasteiger charge is -2.21. The average Bonchev–Trinajstić information content (AvgIpc) is 2.95. The molecule has 2 atom stereocenters. The largest absolute Gasteiger partial charge is 0.494 e. The van der Waals surface area contributed by atoms with E-state index < -0.39 is 0 Å². The van der Waals surface area contributed by atoms with Crippen molar-refractivity contribution in [3.8, 4) is 5.75 Å². The van der Waals surface area contributed by atoms with Crippen molar-refractivity contribution >= 4 is 0 Å². The number of nitrogens with one attached hydrogen (secondary N) is 1. The van der Waals surface area contributed by atoms with Gasteiger partial charge in [0, 0.05) is 18.7 Å². The number of rotatable bonds is 7. The fourth-order valence-electron chi connectivity index (χ4n) is 2.41. The summed E-state index contributed by atoms with van der Waals surface area (Å²) in [4.78, 5) is 0. The molecule has 1 fully saturated rings. The van der Waals surface area contributed by atoms with Gasteiger partial charge in [0.1, 0.15) is 5.75 Å². The van der Waals surface area contributed by atoms with Gasteiger partial charge in [-0.05, 0) is 25.8 Å². The zero-order valence-electron chi connectivity index (χ0n) is 11.5. The van der Waals surface area contributed by atoms with Gasteiger partial charge in [0.2, 0.25) is 0 Å². The molecule has 2 rings (SSSR count). The van der Waals surface area contributed by atoms with Crippen molar-refractivity contribution in [3.05, 3.63) is 29.8 Å². The van der Waals surface area contributed by atoms with E-state index in [1.54, 1.807) is 0 Å². The van der Waals surface area contributed by atoms with Crippen LogP contribution in [-0.4, -0.2) is 37.6 Å². The van der Waals surface area contributed by atoms with E-state index in [4.69, 9.17) is 9.47 Å². The average molecular weight is 265 g/mol. The highest BCUT2D eigenvalue weighted by molar-refractivity contribution is 5.36. The van der Waals surface area contributed by atoms with Gasteiger partial charge in [0.05, 0.1) is 25.4 Å². The van der Waals surface area contributed by atoms with E-state index in [0.29, 0.717) is 6.61 Å². The fourth-order valence-corrected chi connectivity index (χ4v) is 2.41. The van der Waals surface area contributed by atoms with Crippen LogP contribution < -0.4 is 10.1 Å². The molecule has 2 N–H and O–H groups in total. The van der Waals surface area contributed by atoms with E-state index in [2.05, 4.69) is 5.32 Å². The van der Waals surface area contributed by atoms with Crippen LogP contribution in [0.3, 0.4) is 0 Å². The van der Waals surface area contributed by atoms with Crippen LogP contribution in [-0.2, 0) is 4.74 Å². The first kappa shape index (κ1) is 14.3. The van der Waals surface area contributed by atoms with Crippen LogP contribution in [0.4, 0.5) is 0 Å². The van der Waals surface area contributed by atoms with Gasteiger partial charge in [0.25, 0.3) is 0 Å². The van der Waals surface area contributed by atoms with Crippen molar-refractivity contribution in [2.24, 2.45) is 0 Å². The third-order valence-electron chi connectivity index (χ3n) is 3.39. The molecule has 1 heterocycles. The topological polar surface area (TPSA) is 50.7 Å². The number of ether oxygens (including phenoxy) is 2. The lowest BCUT2D eigenvalue weighted by Crippen LogP contribution is -2.32. The number of hydrogen-bond donors (Lipinski definition) is 2. The lowest BCUT2D eigenvalue weighted by molar-refractivity contribution is 0.103. The molecule has 0 saturated carbocycles. The zero-order chi connectivity index (χ0) is 13.5. The normalized spacial score (nSPS) is 20.4. The van der Waals surface area contributed by atoms with Crippen LogP contribution in [0.5, 0.6) is 5.75 Å². The van der Waals surface area contributed by atoms with Gasteiger partial charge < -0.3 is 19.9 Å². The lowest BCUT2D eigenvalue weighted by atomic mass is 10.1. The Hall–Kier alpha value is -1.10. The molecule has 1 saturated heterocycles. The van der Waals surface area contributed by atoms with Crippen molar-refractivity contribution in [1.82, 2.24) is 5.32 Å². The molecule has 4 nitrogen and oxygen atoms in total. The van der Waals surface area contributed by atoms with Gasteiger partial charge in [-0.1, -0.05) is 18.2 Å². The van der Waals surface area contributed by atoms with E-state index in [9.17, 15) is 5.11 Å². The van der Waals surface area contributed by atoms with Crippen LogP contribution >= 0.6 is 0 Å². The van der Waals surface area contributed by atoms with Crippen LogP contribution in [0, 0.1) is 0 Å². The Kier molecular flexibility index (Phi) is 5.63. The zero-order valence-corrected chi connectivity index (χ0v) is 11.5. The standard InChI is InChI=1S/C15H23NO3/c1-2-18-15-8-4-3-7-13(15)14(11-17)16-10-12-6-5-9-19-12/h3-4,7-8,12,14,16-17H,2,5-6,9-11H2,1H3. The minimum Gasteiger partial charge on any atom is -0.494 e. The Morgan fingerprint density at radius 1 is 1.47 bits per heavy atom. The summed E-state index contributed by atoms with van der Waals surface area (Å²) in [7, 11) is 0. The highest BCUT2D eigenvalue weighted by atomic mass is 16.5. The van der Waals surface area contributed by atoms with Crippen molar-refractivity contribution in [1.29, 1.82) is 0 Å². The Balaban J connectivity index is 1.99. The first-order valence-corrected chi connectivity index (χ1v) is 7.02. The molecular weight excluding hydrogens is 242 g/mol. The summed E-state index contributed by atoms with van der Waals surface area (Å²) in [5.41, 5.74) is 1.00. The maximum Gasteiger partial charge on any atom is 0.124 e. The Bertz CT molecular complexity index is 377. The molecular formula is C15H23NO3. The Morgan fingerprint density at radius 3 is 3.00 bits per heavy atom. The summed E-state index contributed by atoms with van der Waals surface area (Å²) in [6, 6.07) is 7.74. The molecule has 0 spiro atoms. The second-order valence-electron chi connectivity index (χ2n) is 4.75. The molecule has 1 aliphatic heterocycles. The van der Waals surface area contributed by atoms with E-state index in [1.807, 2.05) is 31.2 Å². The summed E-state index contributed by atoms with van der Waals surface area (Å²) in [6.07, 6.45) is 2.50. The van der Waals surface area contributed by atoms with Crippen LogP contribution in [0.2, 0.25) is 0 Å². The van der Waals surface area contributed by atoms with Gasteiger partial charge in [-0.2, -0.15) is 0 Å². The highest BCUT2D eigenvalue weighted by Gasteiger charge is 2.19. The third kappa shape index (κ3) is 3.93. The molecule has 0 amide bonds. The second-order valence-corrected chi connectivity index (χ2v) is 4.75. The summed E-state index contributed by atoms with van der Waals surface area (Å²) in [5.74, 6) is 0.837. The monoisotopic (exact) mass is 265 g/mol. The van der Waals surface area contributed by atoms with Gasteiger partial charge in [0.15, 0.2) is 0 Å². The second kappa shape index (κ2) is 7.48. The number of benzene rings is 1. The number of hydrogen-bond acceptors (Lipinski definition) is 4. The fraction of sp³-hybridized carbons (Fsp3) is 0.600. The molecule has 1 aromatic rings. The summed E-state index contributed by atoms with van der Waals surface area (Å²) < 4.78 is 11.2. The number of aliphatic hydroxyl groups is 1. The van der Waals surface area contributed by atoms with Crippen LogP contribution in [0.25, 0.3) is 0 Å². The Morgan fingerprint density at radius 2 is 2.32 bits per heavy atom. The molecule has 0 radical (unpaired) electrons. The van der Waals surface area contributed by atoms with Gasteiger partial charge in [-0.15, -0.1) is 0 Å². The SMILES string of the molecule is CCOc1ccccc1C(CO)NCC1CCCO1. The predicted octanol–water partition coefficient (Wildman–Crippen LogP) is 1.89. The first-order valence-electron chi connectivity index (χ1n) is 7.02. The van der Waals surface area contributed by atoms with E-state index in [1.165, 1.54) is 0 Å². The molecule has 1 aliphatic rings. The maximum absolute atomic E-state index is 9.59. The minimum atomic E-state index is -0.105. The van der Waals surface area contributed by atoms with Gasteiger partial charge in [-0.3, -0.25) is 0 Å². The van der Waals surface area contributed by atoms with E-state index in [-0.39, 0.29) is 18.8 Å². The van der Waals surface area contributed by atoms with Gasteiger partial charge >= 0.3 is 0 Å². The van der Waals surface area contributed by atoms with Crippen molar-refractivity contribution in [2.45, 2.75) is 31.9 Å². The first-order chi connectivity index (χ1) is 9.35. The van der Waals surface area contributed by atoms with Crippen molar-refractivity contribution in [2.75, 3.05) is 26.4 Å². The number of aliphatic hydroxyl groups excluding tert-OH is 1. The van der Waals surface area contributed by atoms with E-state index >= 15 is 0 Å². The molecule has 19 heavy (non-hydrogen) atoms. The molecule has 2 unspecified atom stereocenters. The smallest absolute Gasteiger partial charge is 0.124 e. The highest BCUT2D eigenvalue weighted by Crippen LogP contribution is 2.25. The molecule has 4 heteroatoms. The molecule has 0 aliphatic carbocycles. The van der Waals surface area contributed by atoms with Crippen molar-refractivity contribution in [3.63, 3.8) is 0 Å². The quantitative estimate of drug-likeness (QED) is 0.790. The predicted molar refractivity (Wildman–Crippen MR) is 74.4 cm³/mol. The molecule has 0 bridgehead atoms. The Labute approximate surface area is 114 Å². The van der Waals surface area contributed by atoms with E-state index in [0.717, 1.165) is 37.3 Å². The minimum absolute atomic E-state index is 0.0524. The van der Waals surface area contributed by atoms with Crippen LogP contribution in [0.1, 0.15) is 31.4 Å². The number of para-hydroxylation sites is 1. The summed E-state index contributed by atoms with van der Waals surface area (Å²) in [5, 5.41) is 13.0. The van der Waals surface area contributed by atoms with Crippen molar-refractivity contribution < 1.29 is 14.6 Å².